The monoisotopic (exact) mass is 279 g/mol. The Hall–Kier alpha value is -1.30. The first-order chi connectivity index (χ1) is 9.36. The zero-order valence-corrected chi connectivity index (χ0v) is 12.0. The molecule has 5 rings (SSSR count). The zero-order valence-electron chi connectivity index (χ0n) is 12.0. The molecule has 3 saturated carbocycles. The van der Waals surface area contributed by atoms with Crippen LogP contribution in [0.1, 0.15) is 26.7 Å². The number of urea groups is 1. The van der Waals surface area contributed by atoms with Crippen molar-refractivity contribution >= 4 is 12.0 Å². The van der Waals surface area contributed by atoms with Crippen molar-refractivity contribution in [1.29, 1.82) is 0 Å². The maximum absolute atomic E-state index is 12.6. The van der Waals surface area contributed by atoms with Crippen LogP contribution < -0.4 is 5.32 Å². The number of carbonyl (C=O) groups is 2. The van der Waals surface area contributed by atoms with Gasteiger partial charge in [0.05, 0.1) is 17.0 Å². The number of nitrogens with one attached hydrogen (secondary N) is 1. The summed E-state index contributed by atoms with van der Waals surface area (Å²) in [5.41, 5.74) is -1.14. The van der Waals surface area contributed by atoms with Crippen molar-refractivity contribution in [1.82, 2.24) is 15.1 Å². The van der Waals surface area contributed by atoms with E-state index in [1.54, 1.807) is 0 Å². The number of aliphatic carboxylic acids is 1. The fourth-order valence-electron chi connectivity index (χ4n) is 4.99. The van der Waals surface area contributed by atoms with E-state index in [1.165, 1.54) is 0 Å². The Kier molecular flexibility index (Phi) is 2.05. The second-order valence-corrected chi connectivity index (χ2v) is 7.34. The number of hydrogen-bond acceptors (Lipinski definition) is 3. The molecule has 6 nitrogen and oxygen atoms in total. The minimum absolute atomic E-state index is 0.114. The number of rotatable bonds is 2. The molecule has 0 aromatic rings. The molecule has 20 heavy (non-hydrogen) atoms. The van der Waals surface area contributed by atoms with Gasteiger partial charge in [0.1, 0.15) is 0 Å². The maximum atomic E-state index is 12.6. The quantitative estimate of drug-likeness (QED) is 0.764. The van der Waals surface area contributed by atoms with Crippen LogP contribution >= 0.6 is 0 Å². The molecule has 2 bridgehead atoms. The lowest BCUT2D eigenvalue weighted by molar-refractivity contribution is -0.313. The lowest BCUT2D eigenvalue weighted by Gasteiger charge is -2.81. The Bertz CT molecular complexity index is 510. The number of carboxylic acid groups (broad SMARTS) is 1. The third-order valence-electron chi connectivity index (χ3n) is 6.69. The highest BCUT2D eigenvalue weighted by atomic mass is 16.4. The molecule has 0 spiro atoms. The number of amides is 2. The summed E-state index contributed by atoms with van der Waals surface area (Å²) < 4.78 is 0. The molecule has 1 atom stereocenters. The Morgan fingerprint density at radius 2 is 2.10 bits per heavy atom. The molecule has 2 amide bonds. The molecule has 2 N–H and O–H groups in total. The summed E-state index contributed by atoms with van der Waals surface area (Å²) in [5, 5.41) is 12.8. The van der Waals surface area contributed by atoms with E-state index < -0.39 is 11.4 Å². The predicted octanol–water partition coefficient (Wildman–Crippen LogP) is 0.339. The standard InChI is InChI=1S/C14H21N3O3/c1-12(2)13(10(18)19)7-14(12,8-13)17-6-9-5-15-3-4-16(9)11(17)20/h9,15H,3-8H2,1-2H3,(H,18,19)/t9-,13?,14?/m0/s1. The van der Waals surface area contributed by atoms with Gasteiger partial charge in [0.25, 0.3) is 0 Å². The van der Waals surface area contributed by atoms with Crippen molar-refractivity contribution in [2.24, 2.45) is 10.8 Å². The van der Waals surface area contributed by atoms with Gasteiger partial charge in [0.2, 0.25) is 0 Å². The first kappa shape index (κ1) is 12.4. The molecule has 0 unspecified atom stereocenters. The van der Waals surface area contributed by atoms with Crippen molar-refractivity contribution < 1.29 is 14.7 Å². The lowest BCUT2D eigenvalue weighted by atomic mass is 9.25. The minimum Gasteiger partial charge on any atom is -0.481 e. The van der Waals surface area contributed by atoms with E-state index in [9.17, 15) is 14.7 Å². The molecule has 5 fully saturated rings. The van der Waals surface area contributed by atoms with Crippen molar-refractivity contribution in [3.63, 3.8) is 0 Å². The van der Waals surface area contributed by atoms with Crippen LogP contribution in [-0.4, -0.2) is 64.7 Å². The van der Waals surface area contributed by atoms with Gasteiger partial charge in [-0.05, 0) is 12.8 Å². The average molecular weight is 279 g/mol. The van der Waals surface area contributed by atoms with E-state index in [4.69, 9.17) is 0 Å². The van der Waals surface area contributed by atoms with Crippen molar-refractivity contribution in [3.8, 4) is 0 Å². The van der Waals surface area contributed by atoms with Gasteiger partial charge in [-0.2, -0.15) is 0 Å². The van der Waals surface area contributed by atoms with Gasteiger partial charge in [-0.15, -0.1) is 0 Å². The maximum Gasteiger partial charge on any atom is 0.320 e. The molecular weight excluding hydrogens is 258 g/mol. The molecule has 6 heteroatoms. The van der Waals surface area contributed by atoms with Gasteiger partial charge in [-0.3, -0.25) is 4.79 Å². The number of piperazine rings is 1. The summed E-state index contributed by atoms with van der Waals surface area (Å²) in [6, 6.07) is 0.366. The highest BCUT2D eigenvalue weighted by Gasteiger charge is 2.86. The molecule has 2 heterocycles. The Balaban J connectivity index is 1.62. The summed E-state index contributed by atoms with van der Waals surface area (Å²) in [7, 11) is 0. The van der Waals surface area contributed by atoms with E-state index in [-0.39, 0.29) is 23.0 Å². The molecule has 0 aromatic heterocycles. The van der Waals surface area contributed by atoms with Crippen LogP contribution in [0.3, 0.4) is 0 Å². The van der Waals surface area contributed by atoms with Gasteiger partial charge in [0, 0.05) is 31.6 Å². The van der Waals surface area contributed by atoms with E-state index in [1.807, 2.05) is 23.6 Å². The molecule has 2 saturated heterocycles. The molecule has 5 aliphatic rings. The van der Waals surface area contributed by atoms with Crippen LogP contribution in [0.25, 0.3) is 0 Å². The lowest BCUT2D eigenvalue weighted by Crippen LogP contribution is -2.88. The number of hydrogen-bond donors (Lipinski definition) is 2. The summed E-state index contributed by atoms with van der Waals surface area (Å²) in [6.07, 6.45) is 1.25. The second kappa shape index (κ2) is 3.30. The van der Waals surface area contributed by atoms with Crippen molar-refractivity contribution in [3.05, 3.63) is 0 Å². The van der Waals surface area contributed by atoms with Crippen LogP contribution in [0.15, 0.2) is 0 Å². The van der Waals surface area contributed by atoms with Crippen LogP contribution in [0.4, 0.5) is 4.79 Å². The van der Waals surface area contributed by atoms with Gasteiger partial charge in [-0.25, -0.2) is 4.79 Å². The third kappa shape index (κ3) is 1.01. The first-order valence-corrected chi connectivity index (χ1v) is 7.38. The van der Waals surface area contributed by atoms with Crippen molar-refractivity contribution in [2.45, 2.75) is 38.3 Å². The van der Waals surface area contributed by atoms with E-state index >= 15 is 0 Å². The minimum atomic E-state index is -0.699. The molecule has 3 aliphatic carbocycles. The largest absolute Gasteiger partial charge is 0.481 e. The molecule has 0 radical (unpaired) electrons. The molecule has 2 aliphatic heterocycles. The zero-order chi connectivity index (χ0) is 14.3. The topological polar surface area (TPSA) is 72.9 Å². The fourth-order valence-corrected chi connectivity index (χ4v) is 4.99. The fraction of sp³-hybridized carbons (Fsp3) is 0.857. The Labute approximate surface area is 118 Å². The second-order valence-electron chi connectivity index (χ2n) is 7.34. The Morgan fingerprint density at radius 3 is 2.65 bits per heavy atom. The van der Waals surface area contributed by atoms with Crippen LogP contribution in [0.2, 0.25) is 0 Å². The number of carbonyl (C=O) groups excluding carboxylic acids is 1. The van der Waals surface area contributed by atoms with Gasteiger partial charge in [0.15, 0.2) is 0 Å². The smallest absolute Gasteiger partial charge is 0.320 e. The predicted molar refractivity (Wildman–Crippen MR) is 71.3 cm³/mol. The number of fused-ring (bicyclic) bond motifs is 1. The Morgan fingerprint density at radius 1 is 1.40 bits per heavy atom. The number of nitrogens with zero attached hydrogens (tertiary/aromatic N) is 2. The highest BCUT2D eigenvalue weighted by Crippen LogP contribution is 2.81. The molecular formula is C14H21N3O3. The first-order valence-electron chi connectivity index (χ1n) is 7.38. The van der Waals surface area contributed by atoms with E-state index in [0.29, 0.717) is 12.8 Å². The van der Waals surface area contributed by atoms with Crippen LogP contribution in [0, 0.1) is 10.8 Å². The molecule has 0 aromatic carbocycles. The van der Waals surface area contributed by atoms with Crippen LogP contribution in [0.5, 0.6) is 0 Å². The van der Waals surface area contributed by atoms with Gasteiger partial charge < -0.3 is 20.2 Å². The molecule has 110 valence electrons. The van der Waals surface area contributed by atoms with Crippen molar-refractivity contribution in [2.75, 3.05) is 26.2 Å². The van der Waals surface area contributed by atoms with E-state index in [2.05, 4.69) is 5.32 Å². The van der Waals surface area contributed by atoms with Gasteiger partial charge >= 0.3 is 12.0 Å². The summed E-state index contributed by atoms with van der Waals surface area (Å²) >= 11 is 0. The normalized spacial score (nSPS) is 44.7. The van der Waals surface area contributed by atoms with Crippen LogP contribution in [-0.2, 0) is 4.79 Å². The SMILES string of the molecule is CC1(C)C2(C(=O)O)CC1(N1C[C@@H]3CNCCN3C1=O)C2. The average Bonchev–Trinajstić information content (AvgIpc) is 2.66. The number of carboxylic acids is 1. The third-order valence-corrected chi connectivity index (χ3v) is 6.69. The highest BCUT2D eigenvalue weighted by molar-refractivity contribution is 5.86. The summed E-state index contributed by atoms with van der Waals surface area (Å²) in [5.74, 6) is -0.699. The summed E-state index contributed by atoms with van der Waals surface area (Å²) in [6.45, 7) is 7.23. The van der Waals surface area contributed by atoms with Gasteiger partial charge in [-0.1, -0.05) is 13.8 Å². The van der Waals surface area contributed by atoms with E-state index in [0.717, 1.165) is 26.2 Å². The summed E-state index contributed by atoms with van der Waals surface area (Å²) in [4.78, 5) is 28.1.